The van der Waals surface area contributed by atoms with Crippen LogP contribution in [0.5, 0.6) is 5.75 Å². The Balaban J connectivity index is 2.37. The van der Waals surface area contributed by atoms with E-state index in [0.717, 1.165) is 0 Å². The van der Waals surface area contributed by atoms with E-state index in [-0.39, 0.29) is 5.91 Å². The minimum atomic E-state index is -0.165. The summed E-state index contributed by atoms with van der Waals surface area (Å²) >= 11 is 0. The molecule has 0 fully saturated rings. The predicted octanol–water partition coefficient (Wildman–Crippen LogP) is 2.66. The Kier molecular flexibility index (Phi) is 4.36. The average Bonchev–Trinajstić information content (AvgIpc) is 2.47. The number of rotatable bonds is 4. The van der Waals surface area contributed by atoms with Crippen LogP contribution in [0.3, 0.4) is 0 Å². The van der Waals surface area contributed by atoms with Gasteiger partial charge < -0.3 is 15.4 Å². The molecule has 0 aliphatic heterocycles. The molecule has 0 radical (unpaired) electrons. The first-order valence-corrected chi connectivity index (χ1v) is 6.22. The highest BCUT2D eigenvalue weighted by atomic mass is 16.5. The van der Waals surface area contributed by atoms with Crippen LogP contribution in [-0.2, 0) is 4.79 Å². The highest BCUT2D eigenvalue weighted by molar-refractivity contribution is 5.90. The lowest BCUT2D eigenvalue weighted by atomic mass is 10.2. The molecule has 2 N–H and O–H groups in total. The van der Waals surface area contributed by atoms with Gasteiger partial charge in [0.15, 0.2) is 0 Å². The Labute approximate surface area is 122 Å². The summed E-state index contributed by atoms with van der Waals surface area (Å²) in [5, 5.41) is 14.8. The van der Waals surface area contributed by atoms with Crippen LogP contribution in [0.4, 0.5) is 17.2 Å². The van der Waals surface area contributed by atoms with Gasteiger partial charge in [0, 0.05) is 18.8 Å². The quantitative estimate of drug-likeness (QED) is 0.900. The monoisotopic (exact) mass is 282 g/mol. The summed E-state index contributed by atoms with van der Waals surface area (Å²) in [4.78, 5) is 15.3. The topological polar surface area (TPSA) is 87.0 Å². The van der Waals surface area contributed by atoms with Gasteiger partial charge in [0.1, 0.15) is 17.6 Å². The molecule has 0 saturated heterocycles. The van der Waals surface area contributed by atoms with Gasteiger partial charge in [-0.3, -0.25) is 4.79 Å². The van der Waals surface area contributed by atoms with Crippen molar-refractivity contribution in [3.05, 3.63) is 42.1 Å². The Bertz CT molecular complexity index is 707. The number of anilines is 3. The highest BCUT2D eigenvalue weighted by Crippen LogP contribution is 2.30. The molecule has 0 aliphatic carbocycles. The van der Waals surface area contributed by atoms with Crippen LogP contribution < -0.4 is 15.4 Å². The zero-order valence-electron chi connectivity index (χ0n) is 11.7. The normalized spacial score (nSPS) is 9.57. The van der Waals surface area contributed by atoms with Gasteiger partial charge in [-0.2, -0.15) is 5.26 Å². The summed E-state index contributed by atoms with van der Waals surface area (Å²) in [6, 6.07) is 10.6. The van der Waals surface area contributed by atoms with Gasteiger partial charge in [-0.25, -0.2) is 4.98 Å². The fraction of sp³-hybridized carbons (Fsp3) is 0.133. The summed E-state index contributed by atoms with van der Waals surface area (Å²) in [5.74, 6) is 0.846. The van der Waals surface area contributed by atoms with Gasteiger partial charge in [0.05, 0.1) is 18.4 Å². The van der Waals surface area contributed by atoms with Crippen molar-refractivity contribution in [3.63, 3.8) is 0 Å². The third-order valence-electron chi connectivity index (χ3n) is 2.70. The molecule has 1 amide bonds. The number of nitriles is 1. The molecule has 2 rings (SSSR count). The molecule has 2 aromatic rings. The third-order valence-corrected chi connectivity index (χ3v) is 2.70. The first kappa shape index (κ1) is 14.3. The van der Waals surface area contributed by atoms with E-state index in [4.69, 9.17) is 10.00 Å². The molecule has 0 atom stereocenters. The van der Waals surface area contributed by atoms with Crippen LogP contribution in [0.25, 0.3) is 0 Å². The summed E-state index contributed by atoms with van der Waals surface area (Å²) < 4.78 is 5.27. The molecule has 0 spiro atoms. The van der Waals surface area contributed by atoms with Crippen LogP contribution in [-0.4, -0.2) is 18.0 Å². The second kappa shape index (κ2) is 6.39. The van der Waals surface area contributed by atoms with Crippen molar-refractivity contribution < 1.29 is 9.53 Å². The zero-order chi connectivity index (χ0) is 15.2. The number of nitrogens with one attached hydrogen (secondary N) is 2. The number of carbonyl (C=O) groups is 1. The van der Waals surface area contributed by atoms with Crippen molar-refractivity contribution >= 4 is 23.1 Å². The molecule has 21 heavy (non-hydrogen) atoms. The third kappa shape index (κ3) is 3.48. The van der Waals surface area contributed by atoms with Crippen molar-refractivity contribution in [2.75, 3.05) is 17.7 Å². The maximum absolute atomic E-state index is 11.1. The molecule has 1 aromatic heterocycles. The van der Waals surface area contributed by atoms with Crippen molar-refractivity contribution in [1.29, 1.82) is 5.26 Å². The number of pyridine rings is 1. The molecular weight excluding hydrogens is 268 g/mol. The van der Waals surface area contributed by atoms with Crippen molar-refractivity contribution in [1.82, 2.24) is 4.98 Å². The lowest BCUT2D eigenvalue weighted by molar-refractivity contribution is -0.114. The molecule has 0 aliphatic rings. The number of benzene rings is 1. The van der Waals surface area contributed by atoms with Crippen molar-refractivity contribution in [2.45, 2.75) is 6.92 Å². The maximum Gasteiger partial charge on any atom is 0.221 e. The van der Waals surface area contributed by atoms with E-state index in [9.17, 15) is 4.79 Å². The van der Waals surface area contributed by atoms with Crippen molar-refractivity contribution in [3.8, 4) is 11.8 Å². The summed E-state index contributed by atoms with van der Waals surface area (Å²) in [6.45, 7) is 1.43. The van der Waals surface area contributed by atoms with E-state index in [1.165, 1.54) is 6.92 Å². The molecule has 1 heterocycles. The number of hydrogen-bond acceptors (Lipinski definition) is 5. The van der Waals surface area contributed by atoms with Gasteiger partial charge in [-0.05, 0) is 30.3 Å². The summed E-state index contributed by atoms with van der Waals surface area (Å²) in [6.07, 6.45) is 1.59. The Hall–Kier alpha value is -3.07. The zero-order valence-corrected chi connectivity index (χ0v) is 11.7. The van der Waals surface area contributed by atoms with E-state index in [0.29, 0.717) is 28.5 Å². The minimum Gasteiger partial charge on any atom is -0.495 e. The minimum absolute atomic E-state index is 0.165. The lowest BCUT2D eigenvalue weighted by Crippen LogP contribution is -2.06. The second-order valence-electron chi connectivity index (χ2n) is 4.23. The molecule has 6 heteroatoms. The number of methoxy groups -OCH3 is 1. The molecule has 0 bridgehead atoms. The molecule has 0 saturated carbocycles. The highest BCUT2D eigenvalue weighted by Gasteiger charge is 2.09. The van der Waals surface area contributed by atoms with Crippen LogP contribution in [0.2, 0.25) is 0 Å². The number of aromatic nitrogens is 1. The SMILES string of the molecule is COc1ccc(NC(C)=O)cc1Nc1ncccc1C#N. The van der Waals surface area contributed by atoms with Crippen LogP contribution in [0, 0.1) is 11.3 Å². The molecule has 106 valence electrons. The number of amides is 1. The van der Waals surface area contributed by atoms with E-state index in [1.54, 1.807) is 43.6 Å². The number of hydrogen-bond donors (Lipinski definition) is 2. The van der Waals surface area contributed by atoms with Crippen LogP contribution >= 0.6 is 0 Å². The van der Waals surface area contributed by atoms with Gasteiger partial charge in [0.2, 0.25) is 5.91 Å². The van der Waals surface area contributed by atoms with Gasteiger partial charge in [0.25, 0.3) is 0 Å². The number of carbonyl (C=O) groups excluding carboxylic acids is 1. The van der Waals surface area contributed by atoms with E-state index in [2.05, 4.69) is 21.7 Å². The molecular formula is C15H14N4O2. The summed E-state index contributed by atoms with van der Waals surface area (Å²) in [7, 11) is 1.54. The van der Waals surface area contributed by atoms with E-state index >= 15 is 0 Å². The summed E-state index contributed by atoms with van der Waals surface area (Å²) in [5.41, 5.74) is 1.66. The van der Waals surface area contributed by atoms with E-state index in [1.807, 2.05) is 0 Å². The fourth-order valence-corrected chi connectivity index (χ4v) is 1.81. The first-order valence-electron chi connectivity index (χ1n) is 6.22. The van der Waals surface area contributed by atoms with Gasteiger partial charge >= 0.3 is 0 Å². The van der Waals surface area contributed by atoms with Gasteiger partial charge in [-0.1, -0.05) is 0 Å². The lowest BCUT2D eigenvalue weighted by Gasteiger charge is -2.13. The number of ether oxygens (including phenoxy) is 1. The molecule has 6 nitrogen and oxygen atoms in total. The molecule has 0 unspecified atom stereocenters. The standard InChI is InChI=1S/C15H14N4O2/c1-10(20)18-12-5-6-14(21-2)13(8-12)19-15-11(9-16)4-3-7-17-15/h3-8H,1-2H3,(H,17,19)(H,18,20). The smallest absolute Gasteiger partial charge is 0.221 e. The Morgan fingerprint density at radius 1 is 1.38 bits per heavy atom. The van der Waals surface area contributed by atoms with Crippen molar-refractivity contribution in [2.24, 2.45) is 0 Å². The largest absolute Gasteiger partial charge is 0.495 e. The Morgan fingerprint density at radius 2 is 2.19 bits per heavy atom. The average molecular weight is 282 g/mol. The fourth-order valence-electron chi connectivity index (χ4n) is 1.81. The van der Waals surface area contributed by atoms with E-state index < -0.39 is 0 Å². The Morgan fingerprint density at radius 3 is 2.86 bits per heavy atom. The predicted molar refractivity (Wildman–Crippen MR) is 79.5 cm³/mol. The first-order chi connectivity index (χ1) is 10.1. The molecule has 1 aromatic carbocycles. The maximum atomic E-state index is 11.1. The van der Waals surface area contributed by atoms with Crippen LogP contribution in [0.1, 0.15) is 12.5 Å². The second-order valence-corrected chi connectivity index (χ2v) is 4.23. The number of nitrogens with zero attached hydrogens (tertiary/aromatic N) is 2. The van der Waals surface area contributed by atoms with Gasteiger partial charge in [-0.15, -0.1) is 0 Å². The van der Waals surface area contributed by atoms with Crippen LogP contribution in [0.15, 0.2) is 36.5 Å².